The molecule has 0 radical (unpaired) electrons. The van der Waals surface area contributed by atoms with Gasteiger partial charge in [-0.25, -0.2) is 0 Å². The van der Waals surface area contributed by atoms with Gasteiger partial charge < -0.3 is 4.42 Å². The number of benzene rings is 1. The molecule has 0 spiro atoms. The van der Waals surface area contributed by atoms with Crippen molar-refractivity contribution in [2.75, 3.05) is 6.54 Å². The molecule has 3 rings (SSSR count). The summed E-state index contributed by atoms with van der Waals surface area (Å²) in [7, 11) is 0. The van der Waals surface area contributed by atoms with Gasteiger partial charge in [-0.1, -0.05) is 17.7 Å². The summed E-state index contributed by atoms with van der Waals surface area (Å²) in [6.07, 6.45) is 3.85. The van der Waals surface area contributed by atoms with Crippen molar-refractivity contribution in [1.29, 1.82) is 0 Å². The second-order valence-electron chi connectivity index (χ2n) is 5.18. The standard InChI is InChI=1S/C17H11ClN2O4S/c1-2-5-20-16(23)12(15(22)19-17(20)25)6-9-8-24-13-4-3-10(18)7-11(13)14(9)21/h2-4,6-8H,1,5H2,(H,19,22,25)/b12-6+. The number of carbonyl (C=O) groups excluding carboxylic acids is 2. The zero-order chi connectivity index (χ0) is 18.1. The molecular weight excluding hydrogens is 364 g/mol. The Morgan fingerprint density at radius 2 is 2.08 bits per heavy atom. The van der Waals surface area contributed by atoms with Crippen LogP contribution in [0.15, 0.2) is 51.9 Å². The fraction of sp³-hybridized carbons (Fsp3) is 0.0588. The average Bonchev–Trinajstić information content (AvgIpc) is 2.57. The molecule has 1 aliphatic heterocycles. The van der Waals surface area contributed by atoms with Gasteiger partial charge >= 0.3 is 0 Å². The Kier molecular flexibility index (Phi) is 4.52. The molecule has 126 valence electrons. The quantitative estimate of drug-likeness (QED) is 0.386. The minimum Gasteiger partial charge on any atom is -0.463 e. The van der Waals surface area contributed by atoms with Crippen LogP contribution in [0.25, 0.3) is 17.0 Å². The first kappa shape index (κ1) is 17.1. The first-order valence-corrected chi connectivity index (χ1v) is 7.92. The topological polar surface area (TPSA) is 79.6 Å². The van der Waals surface area contributed by atoms with Gasteiger partial charge in [-0.3, -0.25) is 24.6 Å². The molecule has 6 nitrogen and oxygen atoms in total. The summed E-state index contributed by atoms with van der Waals surface area (Å²) in [6.45, 7) is 3.68. The predicted molar refractivity (Wildman–Crippen MR) is 98.1 cm³/mol. The first-order chi connectivity index (χ1) is 11.9. The van der Waals surface area contributed by atoms with Gasteiger partial charge in [0.15, 0.2) is 10.5 Å². The number of hydrogen-bond acceptors (Lipinski definition) is 5. The van der Waals surface area contributed by atoms with Crippen LogP contribution in [-0.2, 0) is 9.59 Å². The highest BCUT2D eigenvalue weighted by Crippen LogP contribution is 2.19. The fourth-order valence-electron chi connectivity index (χ4n) is 2.36. The third-order valence-electron chi connectivity index (χ3n) is 3.56. The summed E-state index contributed by atoms with van der Waals surface area (Å²) in [5.74, 6) is -1.29. The predicted octanol–water partition coefficient (Wildman–Crippen LogP) is 2.26. The van der Waals surface area contributed by atoms with Gasteiger partial charge in [0.05, 0.1) is 10.9 Å². The molecule has 1 N–H and O–H groups in total. The SMILES string of the molecule is C=CCN1C(=O)/C(=C/c2coc3ccc(Cl)cc3c2=O)C(=O)NC1=S. The number of hydrogen-bond donors (Lipinski definition) is 1. The summed E-state index contributed by atoms with van der Waals surface area (Å²) in [5, 5.41) is 3.03. The lowest BCUT2D eigenvalue weighted by atomic mass is 10.1. The molecule has 0 saturated carbocycles. The Bertz CT molecular complexity index is 1020. The highest BCUT2D eigenvalue weighted by Gasteiger charge is 2.32. The molecule has 2 aromatic rings. The zero-order valence-corrected chi connectivity index (χ0v) is 14.3. The molecule has 8 heteroatoms. The van der Waals surface area contributed by atoms with E-state index < -0.39 is 17.2 Å². The second-order valence-corrected chi connectivity index (χ2v) is 6.01. The van der Waals surface area contributed by atoms with Crippen LogP contribution in [0.4, 0.5) is 0 Å². The van der Waals surface area contributed by atoms with E-state index in [-0.39, 0.29) is 28.2 Å². The molecule has 1 fully saturated rings. The smallest absolute Gasteiger partial charge is 0.265 e. The van der Waals surface area contributed by atoms with Crippen molar-refractivity contribution in [2.45, 2.75) is 0 Å². The minimum atomic E-state index is -0.680. The molecule has 1 aromatic carbocycles. The van der Waals surface area contributed by atoms with E-state index in [2.05, 4.69) is 11.9 Å². The van der Waals surface area contributed by atoms with Crippen LogP contribution >= 0.6 is 23.8 Å². The highest BCUT2D eigenvalue weighted by molar-refractivity contribution is 7.80. The number of nitrogens with one attached hydrogen (secondary N) is 1. The van der Waals surface area contributed by atoms with Gasteiger partial charge in [-0.15, -0.1) is 6.58 Å². The number of carbonyl (C=O) groups is 2. The Balaban J connectivity index is 2.11. The van der Waals surface area contributed by atoms with Crippen LogP contribution in [-0.4, -0.2) is 28.4 Å². The molecular formula is C17H11ClN2O4S. The molecule has 1 saturated heterocycles. The number of amides is 2. The van der Waals surface area contributed by atoms with Crippen molar-refractivity contribution in [3.05, 3.63) is 63.5 Å². The molecule has 2 heterocycles. The number of nitrogens with zero attached hydrogens (tertiary/aromatic N) is 1. The molecule has 0 unspecified atom stereocenters. The Morgan fingerprint density at radius 1 is 1.32 bits per heavy atom. The number of halogens is 1. The lowest BCUT2D eigenvalue weighted by Crippen LogP contribution is -2.53. The second kappa shape index (κ2) is 6.62. The number of thiocarbonyl (C=S) groups is 1. The number of fused-ring (bicyclic) bond motifs is 1. The summed E-state index contributed by atoms with van der Waals surface area (Å²) >= 11 is 10.9. The van der Waals surface area contributed by atoms with Gasteiger partial charge in [0.1, 0.15) is 17.4 Å². The molecule has 1 aromatic heterocycles. The summed E-state index contributed by atoms with van der Waals surface area (Å²) in [5.41, 5.74) is -0.213. The van der Waals surface area contributed by atoms with Crippen molar-refractivity contribution in [3.8, 4) is 0 Å². The van der Waals surface area contributed by atoms with Crippen molar-refractivity contribution in [3.63, 3.8) is 0 Å². The van der Waals surface area contributed by atoms with Crippen LogP contribution in [0.2, 0.25) is 5.02 Å². The third-order valence-corrected chi connectivity index (χ3v) is 4.12. The van der Waals surface area contributed by atoms with E-state index in [0.29, 0.717) is 10.6 Å². The maximum atomic E-state index is 12.6. The number of rotatable bonds is 3. The van der Waals surface area contributed by atoms with Gasteiger partial charge in [0.25, 0.3) is 11.8 Å². The van der Waals surface area contributed by atoms with Crippen molar-refractivity contribution >= 4 is 57.8 Å². The summed E-state index contributed by atoms with van der Waals surface area (Å²) in [4.78, 5) is 38.3. The molecule has 25 heavy (non-hydrogen) atoms. The van der Waals surface area contributed by atoms with Gasteiger partial charge in [-0.2, -0.15) is 0 Å². The van der Waals surface area contributed by atoms with E-state index in [1.54, 1.807) is 12.1 Å². The van der Waals surface area contributed by atoms with Crippen LogP contribution < -0.4 is 10.7 Å². The molecule has 0 aliphatic carbocycles. The third kappa shape index (κ3) is 3.11. The van der Waals surface area contributed by atoms with E-state index in [0.717, 1.165) is 0 Å². The minimum absolute atomic E-state index is 0.00984. The van der Waals surface area contributed by atoms with Gasteiger partial charge in [0, 0.05) is 11.6 Å². The van der Waals surface area contributed by atoms with Gasteiger partial charge in [0.2, 0.25) is 0 Å². The molecule has 0 bridgehead atoms. The van der Waals surface area contributed by atoms with E-state index in [4.69, 9.17) is 28.2 Å². The Hall–Kier alpha value is -2.77. The van der Waals surface area contributed by atoms with Crippen LogP contribution in [0.1, 0.15) is 5.56 Å². The van der Waals surface area contributed by atoms with Crippen molar-refractivity contribution in [2.24, 2.45) is 0 Å². The van der Waals surface area contributed by atoms with Crippen molar-refractivity contribution in [1.82, 2.24) is 10.2 Å². The Morgan fingerprint density at radius 3 is 2.80 bits per heavy atom. The van der Waals surface area contributed by atoms with E-state index in [9.17, 15) is 14.4 Å². The molecule has 0 atom stereocenters. The lowest BCUT2D eigenvalue weighted by Gasteiger charge is -2.27. The van der Waals surface area contributed by atoms with Crippen LogP contribution in [0.5, 0.6) is 0 Å². The fourth-order valence-corrected chi connectivity index (χ4v) is 2.78. The monoisotopic (exact) mass is 374 g/mol. The normalized spacial score (nSPS) is 16.4. The van der Waals surface area contributed by atoms with Gasteiger partial charge in [-0.05, 0) is 36.5 Å². The Labute approximate surface area is 152 Å². The maximum absolute atomic E-state index is 12.6. The van der Waals surface area contributed by atoms with Crippen LogP contribution in [0, 0.1) is 0 Å². The van der Waals surface area contributed by atoms with Crippen molar-refractivity contribution < 1.29 is 14.0 Å². The van der Waals surface area contributed by atoms with Crippen LogP contribution in [0.3, 0.4) is 0 Å². The summed E-state index contributed by atoms with van der Waals surface area (Å²) in [6, 6.07) is 4.63. The average molecular weight is 375 g/mol. The molecule has 1 aliphatic rings. The highest BCUT2D eigenvalue weighted by atomic mass is 35.5. The largest absolute Gasteiger partial charge is 0.463 e. The van der Waals surface area contributed by atoms with E-state index >= 15 is 0 Å². The van der Waals surface area contributed by atoms with E-state index in [1.165, 1.54) is 29.4 Å². The zero-order valence-electron chi connectivity index (χ0n) is 12.7. The summed E-state index contributed by atoms with van der Waals surface area (Å²) < 4.78 is 5.38. The first-order valence-electron chi connectivity index (χ1n) is 7.13. The molecule has 2 amide bonds. The van der Waals surface area contributed by atoms with E-state index in [1.807, 2.05) is 0 Å². The lowest BCUT2D eigenvalue weighted by molar-refractivity contribution is -0.128. The maximum Gasteiger partial charge on any atom is 0.265 e.